The molecule has 0 fully saturated rings. The molecule has 0 aliphatic rings. The van der Waals surface area contributed by atoms with Gasteiger partial charge >= 0.3 is 0 Å². The van der Waals surface area contributed by atoms with Crippen molar-refractivity contribution in [2.24, 2.45) is 0 Å². The second-order valence-electron chi connectivity index (χ2n) is 7.26. The van der Waals surface area contributed by atoms with Gasteiger partial charge in [-0.15, -0.1) is 0 Å². The molecule has 32 heavy (non-hydrogen) atoms. The third kappa shape index (κ3) is 8.99. The molecule has 0 spiro atoms. The number of hydrogen-bond donors (Lipinski definition) is 4. The maximum absolute atomic E-state index is 12.1. The molecule has 0 atom stereocenters. The number of hydrogen-bond acceptors (Lipinski definition) is 4. The summed E-state index contributed by atoms with van der Waals surface area (Å²) >= 11 is 0. The van der Waals surface area contributed by atoms with Gasteiger partial charge < -0.3 is 21.3 Å². The minimum absolute atomic E-state index is 0.0664. The summed E-state index contributed by atoms with van der Waals surface area (Å²) in [5.74, 6) is -0.382. The van der Waals surface area contributed by atoms with Gasteiger partial charge in [0.05, 0.1) is 0 Å². The van der Waals surface area contributed by atoms with E-state index in [0.717, 1.165) is 0 Å². The molecular weight excluding hydrogens is 408 g/mol. The second-order valence-corrected chi connectivity index (χ2v) is 7.26. The maximum atomic E-state index is 12.1. The number of rotatable bonds is 11. The topological polar surface area (TPSA) is 116 Å². The number of amides is 4. The van der Waals surface area contributed by atoms with Crippen LogP contribution in [0.3, 0.4) is 0 Å². The Kier molecular flexibility index (Phi) is 9.90. The van der Waals surface area contributed by atoms with E-state index in [1.165, 1.54) is 0 Å². The number of carbonyl (C=O) groups is 4. The van der Waals surface area contributed by atoms with E-state index < -0.39 is 0 Å². The summed E-state index contributed by atoms with van der Waals surface area (Å²) in [6.07, 6.45) is 2.61. The Balaban J connectivity index is 1.65. The van der Waals surface area contributed by atoms with E-state index in [-0.39, 0.29) is 23.6 Å². The van der Waals surface area contributed by atoms with Crippen molar-refractivity contribution < 1.29 is 19.2 Å². The van der Waals surface area contributed by atoms with Crippen LogP contribution in [0.5, 0.6) is 0 Å². The molecule has 8 heteroatoms. The minimum Gasteiger partial charge on any atom is -0.326 e. The monoisotopic (exact) mass is 438 g/mol. The van der Waals surface area contributed by atoms with E-state index in [2.05, 4.69) is 21.3 Å². The lowest BCUT2D eigenvalue weighted by molar-refractivity contribution is -0.118. The first-order chi connectivity index (χ1) is 15.4. The molecule has 8 nitrogen and oxygen atoms in total. The smallest absolute Gasteiger partial charge is 0.224 e. The summed E-state index contributed by atoms with van der Waals surface area (Å²) in [7, 11) is 0. The standard InChI is InChI=1S/C24H30N4O4/c1-3-21(29)25-17-9-13-19(14-10-17)27-23(31)7-5-6-8-24(32)28-20-15-11-18(12-16-20)26-22(30)4-2/h9-16H,3-8H2,1-2H3,(H,25,29)(H,26,30)(H,27,31)(H,28,32). The maximum Gasteiger partial charge on any atom is 0.224 e. The second kappa shape index (κ2) is 12.9. The van der Waals surface area contributed by atoms with Gasteiger partial charge in [-0.25, -0.2) is 0 Å². The fourth-order valence-electron chi connectivity index (χ4n) is 2.79. The lowest BCUT2D eigenvalue weighted by Crippen LogP contribution is -2.14. The van der Waals surface area contributed by atoms with Crippen LogP contribution in [0.1, 0.15) is 52.4 Å². The molecule has 2 aromatic rings. The summed E-state index contributed by atoms with van der Waals surface area (Å²) in [4.78, 5) is 46.9. The Labute approximate surface area is 188 Å². The Bertz CT molecular complexity index is 847. The van der Waals surface area contributed by atoms with Crippen LogP contribution >= 0.6 is 0 Å². The average molecular weight is 439 g/mol. The zero-order chi connectivity index (χ0) is 23.3. The Morgan fingerprint density at radius 1 is 0.500 bits per heavy atom. The summed E-state index contributed by atoms with van der Waals surface area (Å²) in [6, 6.07) is 13.9. The van der Waals surface area contributed by atoms with Crippen molar-refractivity contribution in [3.8, 4) is 0 Å². The van der Waals surface area contributed by atoms with Crippen LogP contribution in [0.25, 0.3) is 0 Å². The van der Waals surface area contributed by atoms with Gasteiger partial charge in [0.1, 0.15) is 0 Å². The molecule has 2 rings (SSSR count). The predicted octanol–water partition coefficient (Wildman–Crippen LogP) is 4.52. The van der Waals surface area contributed by atoms with Crippen LogP contribution in [0.15, 0.2) is 48.5 Å². The first-order valence-corrected chi connectivity index (χ1v) is 10.8. The van der Waals surface area contributed by atoms with E-state index >= 15 is 0 Å². The van der Waals surface area contributed by atoms with Gasteiger partial charge in [-0.1, -0.05) is 13.8 Å². The van der Waals surface area contributed by atoms with Crippen LogP contribution < -0.4 is 21.3 Å². The normalized spacial score (nSPS) is 10.2. The molecule has 0 bridgehead atoms. The molecule has 4 amide bonds. The van der Waals surface area contributed by atoms with Gasteiger partial charge in [0.25, 0.3) is 0 Å². The molecule has 0 heterocycles. The van der Waals surface area contributed by atoms with Crippen molar-refractivity contribution in [2.75, 3.05) is 21.3 Å². The molecule has 0 aliphatic carbocycles. The highest BCUT2D eigenvalue weighted by atomic mass is 16.2. The van der Waals surface area contributed by atoms with E-state index in [0.29, 0.717) is 61.3 Å². The fraction of sp³-hybridized carbons (Fsp3) is 0.333. The predicted molar refractivity (Wildman–Crippen MR) is 126 cm³/mol. The molecule has 0 radical (unpaired) electrons. The van der Waals surface area contributed by atoms with Crippen LogP contribution in [0, 0.1) is 0 Å². The van der Waals surface area contributed by atoms with E-state index in [4.69, 9.17) is 0 Å². The zero-order valence-corrected chi connectivity index (χ0v) is 18.5. The number of carbonyl (C=O) groups excluding carboxylic acids is 4. The van der Waals surface area contributed by atoms with Gasteiger partial charge in [0, 0.05) is 48.4 Å². The minimum atomic E-state index is -0.125. The molecule has 0 aromatic heterocycles. The molecule has 0 unspecified atom stereocenters. The Morgan fingerprint density at radius 3 is 1.00 bits per heavy atom. The number of benzene rings is 2. The summed E-state index contributed by atoms with van der Waals surface area (Å²) in [5.41, 5.74) is 2.67. The van der Waals surface area contributed by atoms with Crippen molar-refractivity contribution in [3.63, 3.8) is 0 Å². The van der Waals surface area contributed by atoms with Crippen molar-refractivity contribution in [3.05, 3.63) is 48.5 Å². The lowest BCUT2D eigenvalue weighted by atomic mass is 10.1. The van der Waals surface area contributed by atoms with Crippen molar-refractivity contribution in [1.82, 2.24) is 0 Å². The Morgan fingerprint density at radius 2 is 0.750 bits per heavy atom. The first kappa shape index (κ1) is 24.6. The number of nitrogens with one attached hydrogen (secondary N) is 4. The van der Waals surface area contributed by atoms with Crippen LogP contribution in [-0.2, 0) is 19.2 Å². The van der Waals surface area contributed by atoms with Crippen LogP contribution in [-0.4, -0.2) is 23.6 Å². The van der Waals surface area contributed by atoms with Crippen molar-refractivity contribution in [2.45, 2.75) is 52.4 Å². The average Bonchev–Trinajstić information content (AvgIpc) is 2.79. The fourth-order valence-corrected chi connectivity index (χ4v) is 2.79. The Hall–Kier alpha value is -3.68. The SMILES string of the molecule is CCC(=O)Nc1ccc(NC(=O)CCCCC(=O)Nc2ccc(NC(=O)CC)cc2)cc1. The zero-order valence-electron chi connectivity index (χ0n) is 18.5. The summed E-state index contributed by atoms with van der Waals surface area (Å²) < 4.78 is 0. The van der Waals surface area contributed by atoms with Gasteiger partial charge in [-0.05, 0) is 61.4 Å². The lowest BCUT2D eigenvalue weighted by Gasteiger charge is -2.08. The highest BCUT2D eigenvalue weighted by Gasteiger charge is 2.07. The molecule has 170 valence electrons. The van der Waals surface area contributed by atoms with Crippen LogP contribution in [0.4, 0.5) is 22.7 Å². The third-order valence-electron chi connectivity index (χ3n) is 4.60. The largest absolute Gasteiger partial charge is 0.326 e. The van der Waals surface area contributed by atoms with Gasteiger partial charge in [-0.3, -0.25) is 19.2 Å². The van der Waals surface area contributed by atoms with Gasteiger partial charge in [-0.2, -0.15) is 0 Å². The van der Waals surface area contributed by atoms with Crippen LogP contribution in [0.2, 0.25) is 0 Å². The van der Waals surface area contributed by atoms with Gasteiger partial charge in [0.15, 0.2) is 0 Å². The quantitative estimate of drug-likeness (QED) is 0.386. The molecule has 0 aliphatic heterocycles. The molecular formula is C24H30N4O4. The van der Waals surface area contributed by atoms with Gasteiger partial charge in [0.2, 0.25) is 23.6 Å². The third-order valence-corrected chi connectivity index (χ3v) is 4.60. The first-order valence-electron chi connectivity index (χ1n) is 10.8. The highest BCUT2D eigenvalue weighted by molar-refractivity contribution is 5.94. The van der Waals surface area contributed by atoms with E-state index in [1.54, 1.807) is 62.4 Å². The van der Waals surface area contributed by atoms with Crippen molar-refractivity contribution >= 4 is 46.4 Å². The highest BCUT2D eigenvalue weighted by Crippen LogP contribution is 2.16. The molecule has 4 N–H and O–H groups in total. The van der Waals surface area contributed by atoms with E-state index in [1.807, 2.05) is 0 Å². The van der Waals surface area contributed by atoms with E-state index in [9.17, 15) is 19.2 Å². The summed E-state index contributed by atoms with van der Waals surface area (Å²) in [6.45, 7) is 3.56. The molecule has 2 aromatic carbocycles. The number of anilines is 4. The number of unbranched alkanes of at least 4 members (excludes halogenated alkanes) is 1. The molecule has 0 saturated heterocycles. The van der Waals surface area contributed by atoms with Crippen molar-refractivity contribution in [1.29, 1.82) is 0 Å². The summed E-state index contributed by atoms with van der Waals surface area (Å²) in [5, 5.41) is 11.1. The molecule has 0 saturated carbocycles.